The van der Waals surface area contributed by atoms with Gasteiger partial charge in [-0.1, -0.05) is 6.42 Å². The lowest BCUT2D eigenvalue weighted by Crippen LogP contribution is -2.54. The van der Waals surface area contributed by atoms with Gasteiger partial charge in [0, 0.05) is 38.3 Å². The molecule has 1 unspecified atom stereocenters. The van der Waals surface area contributed by atoms with Crippen molar-refractivity contribution in [2.45, 2.75) is 57.0 Å². The van der Waals surface area contributed by atoms with Gasteiger partial charge < -0.3 is 5.32 Å². The Kier molecular flexibility index (Phi) is 3.46. The van der Waals surface area contributed by atoms with Crippen LogP contribution in [-0.2, 0) is 0 Å². The molecule has 0 aromatic rings. The SMILES string of the molecule is C1CCN(N2CCCC(NC3CC3)C2)CC1. The number of nitrogens with one attached hydrogen (secondary N) is 1. The quantitative estimate of drug-likeness (QED) is 0.784. The van der Waals surface area contributed by atoms with Crippen LogP contribution in [0.5, 0.6) is 0 Å². The summed E-state index contributed by atoms with van der Waals surface area (Å²) in [5, 5.41) is 9.04. The summed E-state index contributed by atoms with van der Waals surface area (Å²) in [6.07, 6.45) is 9.84. The molecule has 3 nitrogen and oxygen atoms in total. The largest absolute Gasteiger partial charge is 0.310 e. The second-order valence-corrected chi connectivity index (χ2v) is 5.71. The third-order valence-electron chi connectivity index (χ3n) is 4.18. The summed E-state index contributed by atoms with van der Waals surface area (Å²) < 4.78 is 0. The molecule has 0 radical (unpaired) electrons. The van der Waals surface area contributed by atoms with Crippen LogP contribution in [0.1, 0.15) is 44.9 Å². The number of hydrogen-bond donors (Lipinski definition) is 1. The first-order chi connectivity index (χ1) is 7.92. The van der Waals surface area contributed by atoms with E-state index in [2.05, 4.69) is 15.3 Å². The number of nitrogens with zero attached hydrogens (tertiary/aromatic N) is 2. The van der Waals surface area contributed by atoms with Gasteiger partial charge in [-0.25, -0.2) is 10.0 Å². The van der Waals surface area contributed by atoms with E-state index < -0.39 is 0 Å². The van der Waals surface area contributed by atoms with Gasteiger partial charge in [0.15, 0.2) is 0 Å². The zero-order chi connectivity index (χ0) is 10.8. The molecule has 1 atom stereocenters. The van der Waals surface area contributed by atoms with Crippen molar-refractivity contribution < 1.29 is 0 Å². The van der Waals surface area contributed by atoms with E-state index in [0.717, 1.165) is 12.1 Å². The fourth-order valence-electron chi connectivity index (χ4n) is 3.09. The molecular weight excluding hydrogens is 198 g/mol. The first kappa shape index (κ1) is 11.0. The van der Waals surface area contributed by atoms with Crippen LogP contribution < -0.4 is 5.32 Å². The van der Waals surface area contributed by atoms with E-state index in [0.29, 0.717) is 0 Å². The Balaban J connectivity index is 1.49. The van der Waals surface area contributed by atoms with E-state index in [4.69, 9.17) is 0 Å². The maximum atomic E-state index is 3.79. The number of rotatable bonds is 3. The second kappa shape index (κ2) is 5.03. The summed E-state index contributed by atoms with van der Waals surface area (Å²) in [5.41, 5.74) is 0. The van der Waals surface area contributed by atoms with Crippen LogP contribution in [0.2, 0.25) is 0 Å². The summed E-state index contributed by atoms with van der Waals surface area (Å²) in [4.78, 5) is 0. The van der Waals surface area contributed by atoms with Crippen LogP contribution in [0.25, 0.3) is 0 Å². The van der Waals surface area contributed by atoms with E-state index in [-0.39, 0.29) is 0 Å². The highest BCUT2D eigenvalue weighted by molar-refractivity contribution is 4.87. The summed E-state index contributed by atoms with van der Waals surface area (Å²) in [7, 11) is 0. The van der Waals surface area contributed by atoms with Crippen molar-refractivity contribution >= 4 is 0 Å². The van der Waals surface area contributed by atoms with Crippen LogP contribution in [-0.4, -0.2) is 48.3 Å². The average molecular weight is 223 g/mol. The van der Waals surface area contributed by atoms with Gasteiger partial charge in [0.25, 0.3) is 0 Å². The van der Waals surface area contributed by atoms with Crippen LogP contribution in [0.4, 0.5) is 0 Å². The summed E-state index contributed by atoms with van der Waals surface area (Å²) in [6.45, 7) is 5.16. The van der Waals surface area contributed by atoms with Crippen molar-refractivity contribution in [3.63, 3.8) is 0 Å². The number of hydrogen-bond acceptors (Lipinski definition) is 3. The molecule has 3 heteroatoms. The highest BCUT2D eigenvalue weighted by Gasteiger charge is 2.29. The molecule has 3 aliphatic rings. The Bertz CT molecular complexity index is 221. The molecule has 0 aromatic heterocycles. The fourth-order valence-corrected chi connectivity index (χ4v) is 3.09. The molecule has 2 aliphatic heterocycles. The zero-order valence-corrected chi connectivity index (χ0v) is 10.3. The standard InChI is InChI=1S/C13H25N3/c1-2-8-15(9-3-1)16-10-4-5-13(11-16)14-12-6-7-12/h12-14H,1-11H2. The lowest BCUT2D eigenvalue weighted by atomic mass is 10.1. The Morgan fingerprint density at radius 1 is 0.688 bits per heavy atom. The maximum Gasteiger partial charge on any atom is 0.0287 e. The summed E-state index contributed by atoms with van der Waals surface area (Å²) in [6, 6.07) is 1.63. The zero-order valence-electron chi connectivity index (χ0n) is 10.3. The van der Waals surface area contributed by atoms with Crippen molar-refractivity contribution in [3.05, 3.63) is 0 Å². The highest BCUT2D eigenvalue weighted by Crippen LogP contribution is 2.23. The topological polar surface area (TPSA) is 18.5 Å². The lowest BCUT2D eigenvalue weighted by molar-refractivity contribution is -0.0600. The number of hydrazine groups is 1. The molecular formula is C13H25N3. The normalized spacial score (nSPS) is 34.1. The highest BCUT2D eigenvalue weighted by atomic mass is 15.6. The first-order valence-electron chi connectivity index (χ1n) is 7.18. The Hall–Kier alpha value is -0.120. The van der Waals surface area contributed by atoms with Crippen LogP contribution in [0.3, 0.4) is 0 Å². The van der Waals surface area contributed by atoms with Gasteiger partial charge in [-0.2, -0.15) is 0 Å². The minimum absolute atomic E-state index is 0.767. The third kappa shape index (κ3) is 2.76. The van der Waals surface area contributed by atoms with Crippen molar-refractivity contribution in [2.75, 3.05) is 26.2 Å². The smallest absolute Gasteiger partial charge is 0.0287 e. The molecule has 3 rings (SSSR count). The Morgan fingerprint density at radius 3 is 2.19 bits per heavy atom. The molecule has 1 N–H and O–H groups in total. The van der Waals surface area contributed by atoms with Crippen molar-refractivity contribution in [1.82, 2.24) is 15.3 Å². The van der Waals surface area contributed by atoms with Crippen molar-refractivity contribution in [3.8, 4) is 0 Å². The third-order valence-corrected chi connectivity index (χ3v) is 4.18. The van der Waals surface area contributed by atoms with Crippen LogP contribution in [0, 0.1) is 0 Å². The molecule has 92 valence electrons. The van der Waals surface area contributed by atoms with E-state index in [1.807, 2.05) is 0 Å². The molecule has 0 amide bonds. The van der Waals surface area contributed by atoms with Gasteiger partial charge in [0.2, 0.25) is 0 Å². The first-order valence-corrected chi connectivity index (χ1v) is 7.18. The Morgan fingerprint density at radius 2 is 1.44 bits per heavy atom. The van der Waals surface area contributed by atoms with E-state index in [1.165, 1.54) is 71.1 Å². The van der Waals surface area contributed by atoms with Gasteiger partial charge in [-0.3, -0.25) is 0 Å². The number of piperidine rings is 2. The van der Waals surface area contributed by atoms with Crippen molar-refractivity contribution in [1.29, 1.82) is 0 Å². The molecule has 0 spiro atoms. The van der Waals surface area contributed by atoms with E-state index in [1.54, 1.807) is 0 Å². The Labute approximate surface area is 99.1 Å². The second-order valence-electron chi connectivity index (χ2n) is 5.71. The molecule has 2 saturated heterocycles. The molecule has 1 aliphatic carbocycles. The predicted molar refractivity (Wildman–Crippen MR) is 66.2 cm³/mol. The molecule has 16 heavy (non-hydrogen) atoms. The fraction of sp³-hybridized carbons (Fsp3) is 1.00. The summed E-state index contributed by atoms with van der Waals surface area (Å²) >= 11 is 0. The van der Waals surface area contributed by atoms with Gasteiger partial charge in [-0.05, 0) is 38.5 Å². The van der Waals surface area contributed by atoms with Gasteiger partial charge in [0.05, 0.1) is 0 Å². The molecule has 2 heterocycles. The lowest BCUT2D eigenvalue weighted by Gasteiger charge is -2.42. The van der Waals surface area contributed by atoms with Crippen LogP contribution >= 0.6 is 0 Å². The molecule has 3 fully saturated rings. The summed E-state index contributed by atoms with van der Waals surface area (Å²) in [5.74, 6) is 0. The van der Waals surface area contributed by atoms with Gasteiger partial charge in [-0.15, -0.1) is 0 Å². The molecule has 0 bridgehead atoms. The van der Waals surface area contributed by atoms with Crippen molar-refractivity contribution in [2.24, 2.45) is 0 Å². The minimum atomic E-state index is 0.767. The van der Waals surface area contributed by atoms with E-state index in [9.17, 15) is 0 Å². The van der Waals surface area contributed by atoms with Crippen LogP contribution in [0.15, 0.2) is 0 Å². The van der Waals surface area contributed by atoms with E-state index >= 15 is 0 Å². The van der Waals surface area contributed by atoms with Gasteiger partial charge in [0.1, 0.15) is 0 Å². The maximum absolute atomic E-state index is 3.79. The minimum Gasteiger partial charge on any atom is -0.310 e. The average Bonchev–Trinajstić information content (AvgIpc) is 3.15. The monoisotopic (exact) mass is 223 g/mol. The molecule has 0 aromatic carbocycles. The van der Waals surface area contributed by atoms with Gasteiger partial charge >= 0.3 is 0 Å². The predicted octanol–water partition coefficient (Wildman–Crippen LogP) is 1.60. The molecule has 1 saturated carbocycles.